The third-order valence-electron chi connectivity index (χ3n) is 3.61. The molecule has 0 bridgehead atoms. The van der Waals surface area contributed by atoms with E-state index >= 15 is 0 Å². The van der Waals surface area contributed by atoms with E-state index in [1.165, 1.54) is 0 Å². The van der Waals surface area contributed by atoms with Gasteiger partial charge >= 0.3 is 0 Å². The highest BCUT2D eigenvalue weighted by Crippen LogP contribution is 2.31. The predicted octanol–water partition coefficient (Wildman–Crippen LogP) is 3.81. The third-order valence-corrected chi connectivity index (χ3v) is 4.04. The number of furan rings is 1. The maximum Gasteiger partial charge on any atom is 0.247 e. The zero-order valence-corrected chi connectivity index (χ0v) is 13.0. The monoisotopic (exact) mass is 346 g/mol. The van der Waals surface area contributed by atoms with Crippen molar-refractivity contribution in [1.82, 2.24) is 9.88 Å². The molecule has 1 atom stereocenters. The summed E-state index contributed by atoms with van der Waals surface area (Å²) in [5.41, 5.74) is 1.14. The number of nitrogens with zero attached hydrogens (tertiary/aromatic N) is 2. The van der Waals surface area contributed by atoms with Crippen LogP contribution >= 0.6 is 15.9 Å². The number of hydrogen-bond donors (Lipinski definition) is 0. The van der Waals surface area contributed by atoms with E-state index in [4.69, 9.17) is 4.42 Å². The van der Waals surface area contributed by atoms with Crippen LogP contribution in [-0.2, 0) is 4.79 Å². The first kappa shape index (κ1) is 14.1. The van der Waals surface area contributed by atoms with E-state index in [0.717, 1.165) is 24.9 Å². The molecule has 1 saturated heterocycles. The fraction of sp³-hybridized carbons (Fsp3) is 0.250. The van der Waals surface area contributed by atoms with E-state index in [1.54, 1.807) is 30.6 Å². The second kappa shape index (κ2) is 6.26. The number of aromatic nitrogens is 1. The molecule has 3 rings (SSSR count). The van der Waals surface area contributed by atoms with Crippen molar-refractivity contribution in [3.63, 3.8) is 0 Å². The smallest absolute Gasteiger partial charge is 0.247 e. The van der Waals surface area contributed by atoms with Crippen molar-refractivity contribution < 1.29 is 9.21 Å². The highest BCUT2D eigenvalue weighted by molar-refractivity contribution is 9.10. The van der Waals surface area contributed by atoms with Gasteiger partial charge in [-0.05, 0) is 64.7 Å². The van der Waals surface area contributed by atoms with Crippen molar-refractivity contribution in [2.45, 2.75) is 18.9 Å². The largest absolute Gasteiger partial charge is 0.450 e. The topological polar surface area (TPSA) is 46.3 Å². The van der Waals surface area contributed by atoms with Crippen molar-refractivity contribution in [2.24, 2.45) is 0 Å². The third kappa shape index (κ3) is 3.24. The Bertz CT molecular complexity index is 651. The Hall–Kier alpha value is -1.88. The summed E-state index contributed by atoms with van der Waals surface area (Å²) in [6.45, 7) is 0.790. The standard InChI is InChI=1S/C16H15BrN2O2/c17-15-5-3-13(21-15)4-6-16(20)19-11-1-2-14(19)12-7-9-18-10-8-12/h3-10,14H,1-2,11H2/b6-4-/t14-/m0/s1. The second-order valence-electron chi connectivity index (χ2n) is 4.95. The average molecular weight is 347 g/mol. The van der Waals surface area contributed by atoms with Crippen molar-refractivity contribution in [1.29, 1.82) is 0 Å². The number of carbonyl (C=O) groups excluding carboxylic acids is 1. The van der Waals surface area contributed by atoms with Crippen LogP contribution in [0.15, 0.2) is 51.8 Å². The molecule has 4 nitrogen and oxygen atoms in total. The molecule has 0 aromatic carbocycles. The Balaban J connectivity index is 1.73. The number of amides is 1. The molecule has 0 radical (unpaired) electrons. The molecule has 0 spiro atoms. The molecule has 1 fully saturated rings. The summed E-state index contributed by atoms with van der Waals surface area (Å²) in [5, 5.41) is 0. The molecule has 2 aromatic heterocycles. The fourth-order valence-electron chi connectivity index (χ4n) is 2.63. The van der Waals surface area contributed by atoms with Crippen LogP contribution < -0.4 is 0 Å². The molecule has 0 saturated carbocycles. The van der Waals surface area contributed by atoms with Gasteiger partial charge in [0.15, 0.2) is 4.67 Å². The van der Waals surface area contributed by atoms with Crippen LogP contribution in [0.25, 0.3) is 6.08 Å². The van der Waals surface area contributed by atoms with Gasteiger partial charge in [0.25, 0.3) is 0 Å². The van der Waals surface area contributed by atoms with Crippen LogP contribution in [0.3, 0.4) is 0 Å². The highest BCUT2D eigenvalue weighted by atomic mass is 79.9. The molecule has 2 aromatic rings. The molecule has 0 unspecified atom stereocenters. The lowest BCUT2D eigenvalue weighted by Gasteiger charge is -2.23. The van der Waals surface area contributed by atoms with Crippen LogP contribution in [0.5, 0.6) is 0 Å². The number of pyridine rings is 1. The zero-order valence-electron chi connectivity index (χ0n) is 11.4. The number of likely N-dealkylation sites (tertiary alicyclic amines) is 1. The molecule has 3 heterocycles. The predicted molar refractivity (Wildman–Crippen MR) is 83.4 cm³/mol. The van der Waals surface area contributed by atoms with Gasteiger partial charge in [-0.25, -0.2) is 0 Å². The van der Waals surface area contributed by atoms with Gasteiger partial charge in [-0.2, -0.15) is 0 Å². The lowest BCUT2D eigenvalue weighted by molar-refractivity contribution is -0.126. The minimum atomic E-state index is 0.0156. The minimum Gasteiger partial charge on any atom is -0.450 e. The number of halogens is 1. The Labute approximate surface area is 131 Å². The molecule has 0 N–H and O–H groups in total. The molecule has 1 aliphatic heterocycles. The minimum absolute atomic E-state index is 0.0156. The van der Waals surface area contributed by atoms with E-state index in [0.29, 0.717) is 10.4 Å². The van der Waals surface area contributed by atoms with Gasteiger partial charge in [0.1, 0.15) is 5.76 Å². The first-order valence-electron chi connectivity index (χ1n) is 6.88. The van der Waals surface area contributed by atoms with Gasteiger partial charge in [0.2, 0.25) is 5.91 Å². The van der Waals surface area contributed by atoms with Crippen LogP contribution in [0.1, 0.15) is 30.2 Å². The van der Waals surface area contributed by atoms with Gasteiger partial charge < -0.3 is 9.32 Å². The number of hydrogen-bond acceptors (Lipinski definition) is 3. The molecule has 21 heavy (non-hydrogen) atoms. The summed E-state index contributed by atoms with van der Waals surface area (Å²) in [6, 6.07) is 7.72. The highest BCUT2D eigenvalue weighted by Gasteiger charge is 2.28. The molecule has 0 aliphatic carbocycles. The number of rotatable bonds is 3. The molecule has 1 amide bonds. The second-order valence-corrected chi connectivity index (χ2v) is 5.73. The van der Waals surface area contributed by atoms with E-state index in [9.17, 15) is 4.79 Å². The normalized spacial score (nSPS) is 18.5. The molecule has 108 valence electrons. The quantitative estimate of drug-likeness (QED) is 0.793. The molecular formula is C16H15BrN2O2. The van der Waals surface area contributed by atoms with E-state index in [-0.39, 0.29) is 11.9 Å². The van der Waals surface area contributed by atoms with Gasteiger partial charge in [0.05, 0.1) is 6.04 Å². The van der Waals surface area contributed by atoms with Crippen LogP contribution in [0.2, 0.25) is 0 Å². The number of carbonyl (C=O) groups is 1. The SMILES string of the molecule is O=C(/C=C\c1ccc(Br)o1)N1CCC[C@H]1c1ccncc1. The summed E-state index contributed by atoms with van der Waals surface area (Å²) in [5.74, 6) is 0.678. The summed E-state index contributed by atoms with van der Waals surface area (Å²) in [6.07, 6.45) is 8.84. The summed E-state index contributed by atoms with van der Waals surface area (Å²) in [7, 11) is 0. The van der Waals surface area contributed by atoms with Crippen molar-refractivity contribution in [2.75, 3.05) is 6.54 Å². The first-order chi connectivity index (χ1) is 10.2. The van der Waals surface area contributed by atoms with Gasteiger partial charge in [-0.3, -0.25) is 9.78 Å². The maximum absolute atomic E-state index is 12.4. The summed E-state index contributed by atoms with van der Waals surface area (Å²) in [4.78, 5) is 18.3. The van der Waals surface area contributed by atoms with E-state index in [1.807, 2.05) is 23.1 Å². The average Bonchev–Trinajstić information content (AvgIpc) is 3.14. The molecular weight excluding hydrogens is 332 g/mol. The lowest BCUT2D eigenvalue weighted by atomic mass is 10.1. The molecule has 5 heteroatoms. The van der Waals surface area contributed by atoms with Crippen molar-refractivity contribution >= 4 is 27.9 Å². The summed E-state index contributed by atoms with van der Waals surface area (Å²) >= 11 is 3.24. The van der Waals surface area contributed by atoms with E-state index in [2.05, 4.69) is 20.9 Å². The summed E-state index contributed by atoms with van der Waals surface area (Å²) < 4.78 is 6.02. The van der Waals surface area contributed by atoms with Gasteiger partial charge in [-0.1, -0.05) is 0 Å². The lowest BCUT2D eigenvalue weighted by Crippen LogP contribution is -2.28. The Morgan fingerprint density at radius 2 is 2.14 bits per heavy atom. The first-order valence-corrected chi connectivity index (χ1v) is 7.67. The fourth-order valence-corrected chi connectivity index (χ4v) is 2.95. The van der Waals surface area contributed by atoms with Crippen molar-refractivity contribution in [3.8, 4) is 0 Å². The Morgan fingerprint density at radius 1 is 1.33 bits per heavy atom. The van der Waals surface area contributed by atoms with E-state index < -0.39 is 0 Å². The zero-order chi connectivity index (χ0) is 14.7. The van der Waals surface area contributed by atoms with Crippen molar-refractivity contribution in [3.05, 3.63) is 58.7 Å². The van der Waals surface area contributed by atoms with Crippen LogP contribution in [-0.4, -0.2) is 22.3 Å². The van der Waals surface area contributed by atoms with Crippen LogP contribution in [0.4, 0.5) is 0 Å². The van der Waals surface area contributed by atoms with Gasteiger partial charge in [-0.15, -0.1) is 0 Å². The molecule has 1 aliphatic rings. The van der Waals surface area contributed by atoms with Gasteiger partial charge in [0, 0.05) is 25.0 Å². The Kier molecular flexibility index (Phi) is 4.20. The van der Waals surface area contributed by atoms with Crippen LogP contribution in [0, 0.1) is 0 Å². The Morgan fingerprint density at radius 3 is 2.86 bits per heavy atom. The maximum atomic E-state index is 12.4.